The molecule has 4 rings (SSSR count). The lowest BCUT2D eigenvalue weighted by Gasteiger charge is -2.15. The number of hydrogen-bond donors (Lipinski definition) is 3. The van der Waals surface area contributed by atoms with Gasteiger partial charge in [0.1, 0.15) is 40.6 Å². The molecule has 0 unspecified atom stereocenters. The Balaban J connectivity index is 1.59. The van der Waals surface area contributed by atoms with Gasteiger partial charge in [-0.15, -0.1) is 0 Å². The second-order valence-electron chi connectivity index (χ2n) is 7.92. The first-order valence-electron chi connectivity index (χ1n) is 10.7. The monoisotopic (exact) mass is 454 g/mol. The molecule has 6 nitrogen and oxygen atoms in total. The van der Waals surface area contributed by atoms with Crippen LogP contribution in [0.25, 0.3) is 11.4 Å². The van der Waals surface area contributed by atoms with E-state index in [9.17, 15) is 13.2 Å². The van der Waals surface area contributed by atoms with Crippen LogP contribution >= 0.6 is 0 Å². The van der Waals surface area contributed by atoms with Crippen LogP contribution in [0.4, 0.5) is 19.0 Å². The standard InChI is InChI=1S/C24H25F3N6/c1-15(30-12-17-5-2-3-6-18(17)25)31-13-21-23(28)33(14-16-9-10-29-11-16)24(32-21)22-19(26)7-4-8-20(22)27/h2-8,13,16,29-30H,1,9-12,14,28H2/t16-/m0/s1. The van der Waals surface area contributed by atoms with Crippen molar-refractivity contribution in [2.45, 2.75) is 19.5 Å². The van der Waals surface area contributed by atoms with E-state index in [1.165, 1.54) is 30.5 Å². The Morgan fingerprint density at radius 1 is 1.18 bits per heavy atom. The molecule has 172 valence electrons. The van der Waals surface area contributed by atoms with Gasteiger partial charge in [-0.05, 0) is 43.6 Å². The first kappa shape index (κ1) is 22.6. The average molecular weight is 455 g/mol. The molecular formula is C24H25F3N6. The second kappa shape index (κ2) is 9.91. The Labute approximate surface area is 190 Å². The maximum atomic E-state index is 14.5. The Kier molecular flexibility index (Phi) is 6.79. The van der Waals surface area contributed by atoms with E-state index in [0.29, 0.717) is 12.1 Å². The van der Waals surface area contributed by atoms with Crippen LogP contribution in [-0.4, -0.2) is 28.9 Å². The minimum atomic E-state index is -0.717. The smallest absolute Gasteiger partial charge is 0.148 e. The molecule has 1 fully saturated rings. The van der Waals surface area contributed by atoms with Gasteiger partial charge in [0.15, 0.2) is 0 Å². The SMILES string of the molecule is C=C(N=Cc1nc(-c2c(F)cccc2F)n(C[C@H]2CCNC2)c1N)NCc1ccccc1F. The molecule has 4 N–H and O–H groups in total. The van der Waals surface area contributed by atoms with Crippen LogP contribution in [0.15, 0.2) is 59.9 Å². The average Bonchev–Trinajstić information content (AvgIpc) is 3.41. The van der Waals surface area contributed by atoms with Gasteiger partial charge in [-0.1, -0.05) is 30.8 Å². The molecule has 1 saturated heterocycles. The lowest BCUT2D eigenvalue weighted by Crippen LogP contribution is -2.17. The lowest BCUT2D eigenvalue weighted by atomic mass is 10.1. The predicted molar refractivity (Wildman–Crippen MR) is 123 cm³/mol. The highest BCUT2D eigenvalue weighted by Gasteiger charge is 2.24. The van der Waals surface area contributed by atoms with Crippen molar-refractivity contribution in [2.24, 2.45) is 10.9 Å². The van der Waals surface area contributed by atoms with E-state index in [1.807, 2.05) is 0 Å². The number of nitrogens with two attached hydrogens (primary N) is 1. The van der Waals surface area contributed by atoms with Crippen molar-refractivity contribution >= 4 is 12.0 Å². The predicted octanol–water partition coefficient (Wildman–Crippen LogP) is 3.84. The number of anilines is 1. The van der Waals surface area contributed by atoms with Gasteiger partial charge in [-0.25, -0.2) is 23.1 Å². The molecule has 0 aliphatic carbocycles. The van der Waals surface area contributed by atoms with E-state index in [0.717, 1.165) is 19.5 Å². The molecule has 0 amide bonds. The molecular weight excluding hydrogens is 429 g/mol. The van der Waals surface area contributed by atoms with Gasteiger partial charge in [-0.3, -0.25) is 0 Å². The highest BCUT2D eigenvalue weighted by molar-refractivity contribution is 5.86. The summed E-state index contributed by atoms with van der Waals surface area (Å²) in [7, 11) is 0. The van der Waals surface area contributed by atoms with Crippen LogP contribution in [0.3, 0.4) is 0 Å². The largest absolute Gasteiger partial charge is 0.383 e. The van der Waals surface area contributed by atoms with Crippen molar-refractivity contribution in [1.29, 1.82) is 0 Å². The number of benzene rings is 2. The van der Waals surface area contributed by atoms with Gasteiger partial charge in [0.2, 0.25) is 0 Å². The number of rotatable bonds is 8. The third-order valence-electron chi connectivity index (χ3n) is 5.61. The molecule has 2 aromatic carbocycles. The van der Waals surface area contributed by atoms with Gasteiger partial charge in [0.05, 0.1) is 11.8 Å². The first-order valence-corrected chi connectivity index (χ1v) is 10.7. The summed E-state index contributed by atoms with van der Waals surface area (Å²) < 4.78 is 44.5. The molecule has 2 heterocycles. The topological polar surface area (TPSA) is 80.3 Å². The van der Waals surface area contributed by atoms with Gasteiger partial charge in [0.25, 0.3) is 0 Å². The van der Waals surface area contributed by atoms with E-state index in [4.69, 9.17) is 5.73 Å². The Hall–Kier alpha value is -3.59. The lowest BCUT2D eigenvalue weighted by molar-refractivity contribution is 0.485. The van der Waals surface area contributed by atoms with E-state index in [1.54, 1.807) is 22.8 Å². The highest BCUT2D eigenvalue weighted by Crippen LogP contribution is 2.30. The van der Waals surface area contributed by atoms with Gasteiger partial charge in [0, 0.05) is 18.7 Å². The molecule has 3 aromatic rings. The van der Waals surface area contributed by atoms with E-state index >= 15 is 0 Å². The summed E-state index contributed by atoms with van der Waals surface area (Å²) in [4.78, 5) is 8.62. The van der Waals surface area contributed by atoms with Gasteiger partial charge in [-0.2, -0.15) is 0 Å². The third-order valence-corrected chi connectivity index (χ3v) is 5.61. The first-order chi connectivity index (χ1) is 15.9. The van der Waals surface area contributed by atoms with Crippen molar-refractivity contribution in [3.63, 3.8) is 0 Å². The van der Waals surface area contributed by atoms with Crippen LogP contribution in [0, 0.1) is 23.4 Å². The van der Waals surface area contributed by atoms with Crippen LogP contribution in [0.2, 0.25) is 0 Å². The summed E-state index contributed by atoms with van der Waals surface area (Å²) in [6, 6.07) is 10.1. The molecule has 1 aliphatic rings. The summed E-state index contributed by atoms with van der Waals surface area (Å²) in [6.45, 7) is 6.15. The maximum absolute atomic E-state index is 14.5. The van der Waals surface area contributed by atoms with Gasteiger partial charge < -0.3 is 20.9 Å². The number of nitrogen functional groups attached to an aromatic ring is 1. The number of nitrogens with zero attached hydrogens (tertiary/aromatic N) is 3. The molecule has 1 aliphatic heterocycles. The molecule has 1 atom stereocenters. The molecule has 0 saturated carbocycles. The molecule has 0 radical (unpaired) electrons. The number of hydrogen-bond acceptors (Lipinski definition) is 5. The maximum Gasteiger partial charge on any atom is 0.148 e. The van der Waals surface area contributed by atoms with Crippen molar-refractivity contribution < 1.29 is 13.2 Å². The number of imidazole rings is 1. The summed E-state index contributed by atoms with van der Waals surface area (Å²) in [5, 5.41) is 6.20. The number of aromatic nitrogens is 2. The van der Waals surface area contributed by atoms with Crippen molar-refractivity contribution in [3.8, 4) is 11.4 Å². The van der Waals surface area contributed by atoms with E-state index < -0.39 is 11.6 Å². The summed E-state index contributed by atoms with van der Waals surface area (Å²) in [5.74, 6) is -0.868. The number of nitrogens with one attached hydrogen (secondary N) is 2. The van der Waals surface area contributed by atoms with E-state index in [2.05, 4.69) is 27.2 Å². The van der Waals surface area contributed by atoms with E-state index in [-0.39, 0.29) is 47.0 Å². The van der Waals surface area contributed by atoms with Crippen LogP contribution < -0.4 is 16.4 Å². The summed E-state index contributed by atoms with van der Waals surface area (Å²) >= 11 is 0. The second-order valence-corrected chi connectivity index (χ2v) is 7.92. The number of aliphatic imine (C=N–C) groups is 1. The van der Waals surface area contributed by atoms with Crippen LogP contribution in [0.5, 0.6) is 0 Å². The molecule has 1 aromatic heterocycles. The zero-order valence-electron chi connectivity index (χ0n) is 18.0. The molecule has 0 bridgehead atoms. The van der Waals surface area contributed by atoms with Gasteiger partial charge >= 0.3 is 0 Å². The molecule has 0 spiro atoms. The Morgan fingerprint density at radius 3 is 2.61 bits per heavy atom. The summed E-state index contributed by atoms with van der Waals surface area (Å²) in [5.41, 5.74) is 6.85. The normalized spacial score (nSPS) is 15.9. The van der Waals surface area contributed by atoms with Crippen molar-refractivity contribution in [2.75, 3.05) is 18.8 Å². The zero-order chi connectivity index (χ0) is 23.4. The molecule has 33 heavy (non-hydrogen) atoms. The fourth-order valence-electron chi connectivity index (χ4n) is 3.82. The third kappa shape index (κ3) is 5.09. The quantitative estimate of drug-likeness (QED) is 0.452. The highest BCUT2D eigenvalue weighted by atomic mass is 19.1. The zero-order valence-corrected chi connectivity index (χ0v) is 18.0. The fourth-order valence-corrected chi connectivity index (χ4v) is 3.82. The Bertz CT molecular complexity index is 1160. The fraction of sp³-hybridized carbons (Fsp3) is 0.250. The van der Waals surface area contributed by atoms with Crippen LogP contribution in [0.1, 0.15) is 17.7 Å². The van der Waals surface area contributed by atoms with Crippen LogP contribution in [-0.2, 0) is 13.1 Å². The minimum absolute atomic E-state index is 0.112. The minimum Gasteiger partial charge on any atom is -0.383 e. The number of halogens is 3. The van der Waals surface area contributed by atoms with Crippen molar-refractivity contribution in [1.82, 2.24) is 20.2 Å². The molecule has 9 heteroatoms. The van der Waals surface area contributed by atoms with Crippen molar-refractivity contribution in [3.05, 3.63) is 83.6 Å². The Morgan fingerprint density at radius 2 is 1.91 bits per heavy atom. The summed E-state index contributed by atoms with van der Waals surface area (Å²) in [6.07, 6.45) is 2.31.